The lowest BCUT2D eigenvalue weighted by Gasteiger charge is -2.14. The Morgan fingerprint density at radius 1 is 0.889 bits per heavy atom. The van der Waals surface area contributed by atoms with E-state index in [1.165, 1.54) is 0 Å². The number of halogens is 2. The molecular weight excluding hydrogens is 381 g/mol. The van der Waals surface area contributed by atoms with Crippen LogP contribution in [-0.2, 0) is 13.2 Å². The molecule has 5 heteroatoms. The highest BCUT2D eigenvalue weighted by Gasteiger charge is 2.08. The van der Waals surface area contributed by atoms with E-state index in [4.69, 9.17) is 32.7 Å². The maximum absolute atomic E-state index is 6.18. The van der Waals surface area contributed by atoms with Crippen LogP contribution in [0.2, 0.25) is 10.0 Å². The number of ether oxygens (including phenoxy) is 2. The van der Waals surface area contributed by atoms with Crippen LogP contribution in [0.4, 0.5) is 5.69 Å². The summed E-state index contributed by atoms with van der Waals surface area (Å²) in [5.41, 5.74) is 4.05. The van der Waals surface area contributed by atoms with E-state index in [1.54, 1.807) is 7.11 Å². The zero-order valence-electron chi connectivity index (χ0n) is 15.3. The van der Waals surface area contributed by atoms with Gasteiger partial charge in [-0.1, -0.05) is 53.5 Å². The van der Waals surface area contributed by atoms with Gasteiger partial charge in [-0.3, -0.25) is 0 Å². The van der Waals surface area contributed by atoms with Gasteiger partial charge in [0.05, 0.1) is 7.11 Å². The third kappa shape index (κ3) is 5.09. The molecule has 3 nitrogen and oxygen atoms in total. The van der Waals surface area contributed by atoms with E-state index in [1.807, 2.05) is 67.6 Å². The van der Waals surface area contributed by atoms with Crippen molar-refractivity contribution in [3.63, 3.8) is 0 Å². The molecule has 0 radical (unpaired) electrons. The predicted molar refractivity (Wildman–Crippen MR) is 112 cm³/mol. The third-order valence-corrected chi connectivity index (χ3v) is 5.01. The van der Waals surface area contributed by atoms with Gasteiger partial charge in [0.1, 0.15) is 6.61 Å². The highest BCUT2D eigenvalue weighted by molar-refractivity contribution is 6.31. The number of anilines is 1. The first kappa shape index (κ1) is 19.4. The van der Waals surface area contributed by atoms with Gasteiger partial charge in [0.25, 0.3) is 0 Å². The van der Waals surface area contributed by atoms with E-state index in [2.05, 4.69) is 5.32 Å². The van der Waals surface area contributed by atoms with Crippen molar-refractivity contribution in [2.45, 2.75) is 20.1 Å². The second kappa shape index (κ2) is 9.03. The molecule has 0 amide bonds. The lowest BCUT2D eigenvalue weighted by molar-refractivity contribution is 0.284. The number of hydrogen-bond acceptors (Lipinski definition) is 3. The van der Waals surface area contributed by atoms with E-state index in [-0.39, 0.29) is 0 Å². The Bertz CT molecular complexity index is 928. The number of methoxy groups -OCH3 is 1. The van der Waals surface area contributed by atoms with Gasteiger partial charge < -0.3 is 14.8 Å². The summed E-state index contributed by atoms with van der Waals surface area (Å²) in [5, 5.41) is 4.81. The van der Waals surface area contributed by atoms with Gasteiger partial charge in [0, 0.05) is 27.8 Å². The molecule has 0 atom stereocenters. The van der Waals surface area contributed by atoms with Crippen molar-refractivity contribution in [3.8, 4) is 11.5 Å². The zero-order valence-corrected chi connectivity index (χ0v) is 16.8. The molecule has 3 rings (SSSR count). The summed E-state index contributed by atoms with van der Waals surface area (Å²) < 4.78 is 11.4. The first-order valence-electron chi connectivity index (χ1n) is 8.60. The van der Waals surface area contributed by atoms with Crippen molar-refractivity contribution in [2.24, 2.45) is 0 Å². The minimum atomic E-state index is 0.384. The van der Waals surface area contributed by atoms with Crippen LogP contribution in [0.5, 0.6) is 11.5 Å². The molecule has 0 saturated carbocycles. The number of benzene rings is 3. The van der Waals surface area contributed by atoms with Gasteiger partial charge in [-0.15, -0.1) is 0 Å². The highest BCUT2D eigenvalue weighted by atomic mass is 35.5. The first-order chi connectivity index (χ1) is 13.1. The van der Waals surface area contributed by atoms with Gasteiger partial charge in [-0.25, -0.2) is 0 Å². The van der Waals surface area contributed by atoms with Crippen LogP contribution in [0.3, 0.4) is 0 Å². The van der Waals surface area contributed by atoms with Gasteiger partial charge in [-0.2, -0.15) is 0 Å². The lowest BCUT2D eigenvalue weighted by atomic mass is 10.1. The minimum absolute atomic E-state index is 0.384. The smallest absolute Gasteiger partial charge is 0.161 e. The number of aryl methyl sites for hydroxylation is 1. The van der Waals surface area contributed by atoms with Crippen molar-refractivity contribution in [1.82, 2.24) is 0 Å². The monoisotopic (exact) mass is 401 g/mol. The van der Waals surface area contributed by atoms with Crippen molar-refractivity contribution < 1.29 is 9.47 Å². The minimum Gasteiger partial charge on any atom is -0.493 e. The molecule has 0 heterocycles. The summed E-state index contributed by atoms with van der Waals surface area (Å²) in [6, 6.07) is 19.4. The van der Waals surface area contributed by atoms with E-state index >= 15 is 0 Å². The molecule has 0 bridgehead atoms. The van der Waals surface area contributed by atoms with Crippen LogP contribution in [0.25, 0.3) is 0 Å². The topological polar surface area (TPSA) is 30.5 Å². The molecule has 0 unspecified atom stereocenters. The summed E-state index contributed by atoms with van der Waals surface area (Å²) in [4.78, 5) is 0. The average molecular weight is 402 g/mol. The van der Waals surface area contributed by atoms with Gasteiger partial charge >= 0.3 is 0 Å². The highest BCUT2D eigenvalue weighted by Crippen LogP contribution is 2.30. The van der Waals surface area contributed by atoms with Crippen molar-refractivity contribution in [1.29, 1.82) is 0 Å². The van der Waals surface area contributed by atoms with Crippen LogP contribution < -0.4 is 14.8 Å². The molecule has 0 aliphatic rings. The van der Waals surface area contributed by atoms with Crippen LogP contribution >= 0.6 is 23.2 Å². The standard InChI is InChI=1S/C22H21Cl2NO2/c1-15-7-9-18(12-20(15)24)25-13-16-8-10-21(22(11-16)26-2)27-14-17-5-3-4-6-19(17)23/h3-12,25H,13-14H2,1-2H3. The molecule has 140 valence electrons. The molecule has 0 aliphatic heterocycles. The van der Waals surface area contributed by atoms with E-state index in [0.717, 1.165) is 27.4 Å². The fourth-order valence-electron chi connectivity index (χ4n) is 2.62. The summed E-state index contributed by atoms with van der Waals surface area (Å²) in [5.74, 6) is 1.36. The zero-order chi connectivity index (χ0) is 19.2. The molecule has 0 aliphatic carbocycles. The summed E-state index contributed by atoms with van der Waals surface area (Å²) >= 11 is 12.4. The number of nitrogens with one attached hydrogen (secondary N) is 1. The number of hydrogen-bond donors (Lipinski definition) is 1. The van der Waals surface area contributed by atoms with Gasteiger partial charge in [-0.05, 0) is 48.4 Å². The van der Waals surface area contributed by atoms with Crippen LogP contribution in [0.15, 0.2) is 60.7 Å². The second-order valence-electron chi connectivity index (χ2n) is 6.18. The molecule has 0 fully saturated rings. The fourth-order valence-corrected chi connectivity index (χ4v) is 2.99. The fraction of sp³-hybridized carbons (Fsp3) is 0.182. The van der Waals surface area contributed by atoms with Crippen molar-refractivity contribution >= 4 is 28.9 Å². The Morgan fingerprint density at radius 3 is 2.44 bits per heavy atom. The molecule has 3 aromatic rings. The Hall–Kier alpha value is -2.36. The Balaban J connectivity index is 1.66. The van der Waals surface area contributed by atoms with Gasteiger partial charge in [0.2, 0.25) is 0 Å². The SMILES string of the molecule is COc1cc(CNc2ccc(C)c(Cl)c2)ccc1OCc1ccccc1Cl. The summed E-state index contributed by atoms with van der Waals surface area (Å²) in [6.07, 6.45) is 0. The molecule has 0 spiro atoms. The van der Waals surface area contributed by atoms with Crippen molar-refractivity contribution in [2.75, 3.05) is 12.4 Å². The first-order valence-corrected chi connectivity index (χ1v) is 9.35. The second-order valence-corrected chi connectivity index (χ2v) is 7.00. The van der Waals surface area contributed by atoms with Crippen LogP contribution in [0, 0.1) is 6.92 Å². The maximum Gasteiger partial charge on any atom is 0.161 e. The Morgan fingerprint density at radius 2 is 1.70 bits per heavy atom. The quantitative estimate of drug-likeness (QED) is 0.489. The molecule has 0 saturated heterocycles. The maximum atomic E-state index is 6.18. The normalized spacial score (nSPS) is 10.5. The molecule has 27 heavy (non-hydrogen) atoms. The Labute approximate surface area is 169 Å². The van der Waals surface area contributed by atoms with Crippen LogP contribution in [0.1, 0.15) is 16.7 Å². The van der Waals surface area contributed by atoms with E-state index in [9.17, 15) is 0 Å². The predicted octanol–water partition coefficient (Wildman–Crippen LogP) is 6.50. The van der Waals surface area contributed by atoms with E-state index < -0.39 is 0 Å². The third-order valence-electron chi connectivity index (χ3n) is 4.24. The van der Waals surface area contributed by atoms with Crippen molar-refractivity contribution in [3.05, 3.63) is 87.4 Å². The Kier molecular flexibility index (Phi) is 6.49. The van der Waals surface area contributed by atoms with Gasteiger partial charge in [0.15, 0.2) is 11.5 Å². The molecule has 3 aromatic carbocycles. The largest absolute Gasteiger partial charge is 0.493 e. The summed E-state index contributed by atoms with van der Waals surface area (Å²) in [6.45, 7) is 3.02. The lowest BCUT2D eigenvalue weighted by Crippen LogP contribution is -2.02. The van der Waals surface area contributed by atoms with Crippen LogP contribution in [-0.4, -0.2) is 7.11 Å². The molecule has 0 aromatic heterocycles. The molecular formula is C22H21Cl2NO2. The number of rotatable bonds is 7. The molecule has 1 N–H and O–H groups in total. The average Bonchev–Trinajstić information content (AvgIpc) is 2.68. The summed E-state index contributed by atoms with van der Waals surface area (Å²) in [7, 11) is 1.63. The van der Waals surface area contributed by atoms with E-state index in [0.29, 0.717) is 29.7 Å².